The van der Waals surface area contributed by atoms with Crippen LogP contribution in [-0.2, 0) is 11.3 Å². The van der Waals surface area contributed by atoms with E-state index in [2.05, 4.69) is 15.5 Å². The number of benzene rings is 2. The van der Waals surface area contributed by atoms with Crippen LogP contribution in [0.15, 0.2) is 53.7 Å². The Balaban J connectivity index is 1.39. The molecule has 0 N–H and O–H groups in total. The number of carbonyl (C=O) groups is 1. The molecule has 1 atom stereocenters. The van der Waals surface area contributed by atoms with Crippen molar-refractivity contribution in [3.63, 3.8) is 0 Å². The highest BCUT2D eigenvalue weighted by Crippen LogP contribution is 2.39. The number of thioether (sulfide) groups is 2. The molecule has 0 spiro atoms. The Morgan fingerprint density at radius 3 is 2.83 bits per heavy atom. The van der Waals surface area contributed by atoms with Crippen molar-refractivity contribution in [2.24, 2.45) is 0 Å². The van der Waals surface area contributed by atoms with E-state index in [0.717, 1.165) is 17.1 Å². The molecule has 0 unspecified atom stereocenters. The molecule has 1 aliphatic rings. The van der Waals surface area contributed by atoms with Crippen molar-refractivity contribution in [3.05, 3.63) is 65.5 Å². The summed E-state index contributed by atoms with van der Waals surface area (Å²) in [5.74, 6) is 1.41. The summed E-state index contributed by atoms with van der Waals surface area (Å²) in [5.41, 5.74) is 1.56. The fourth-order valence-corrected chi connectivity index (χ4v) is 5.23. The van der Waals surface area contributed by atoms with Crippen molar-refractivity contribution in [2.45, 2.75) is 17.1 Å². The molecule has 1 saturated heterocycles. The predicted molar refractivity (Wildman–Crippen MR) is 114 cm³/mol. The van der Waals surface area contributed by atoms with Crippen LogP contribution in [0.2, 0.25) is 0 Å². The molecular weight excluding hydrogens is 425 g/mol. The Labute approximate surface area is 182 Å². The summed E-state index contributed by atoms with van der Waals surface area (Å²) in [6, 6.07) is 14.3. The van der Waals surface area contributed by atoms with Crippen LogP contribution in [0.4, 0.5) is 4.39 Å². The molecule has 0 saturated carbocycles. The second kappa shape index (κ2) is 9.48. The average molecular weight is 446 g/mol. The lowest BCUT2D eigenvalue weighted by Crippen LogP contribution is -2.32. The first-order valence-electron chi connectivity index (χ1n) is 9.33. The number of tetrazole rings is 1. The van der Waals surface area contributed by atoms with Gasteiger partial charge in [0.15, 0.2) is 0 Å². The molecule has 10 heteroatoms. The van der Waals surface area contributed by atoms with Crippen molar-refractivity contribution < 1.29 is 13.9 Å². The minimum Gasteiger partial charge on any atom is -0.497 e. The van der Waals surface area contributed by atoms with E-state index in [0.29, 0.717) is 23.8 Å². The predicted octanol–water partition coefficient (Wildman–Crippen LogP) is 3.24. The van der Waals surface area contributed by atoms with Gasteiger partial charge in [-0.15, -0.1) is 16.9 Å². The first-order chi connectivity index (χ1) is 14.7. The van der Waals surface area contributed by atoms with E-state index in [4.69, 9.17) is 4.74 Å². The lowest BCUT2D eigenvalue weighted by Gasteiger charge is -2.24. The fraction of sp³-hybridized carbons (Fsp3) is 0.300. The van der Waals surface area contributed by atoms with Gasteiger partial charge < -0.3 is 9.64 Å². The van der Waals surface area contributed by atoms with Gasteiger partial charge in [-0.25, -0.2) is 9.07 Å². The summed E-state index contributed by atoms with van der Waals surface area (Å²) in [4.78, 5) is 14.6. The van der Waals surface area contributed by atoms with E-state index in [9.17, 15) is 9.18 Å². The molecule has 30 heavy (non-hydrogen) atoms. The van der Waals surface area contributed by atoms with Crippen molar-refractivity contribution in [3.8, 4) is 5.75 Å². The fourth-order valence-electron chi connectivity index (χ4n) is 3.17. The van der Waals surface area contributed by atoms with E-state index >= 15 is 0 Å². The molecular formula is C20H20FN5O2S2. The molecule has 3 aromatic rings. The van der Waals surface area contributed by atoms with Crippen LogP contribution in [0.3, 0.4) is 0 Å². The van der Waals surface area contributed by atoms with E-state index in [1.165, 1.54) is 17.8 Å². The van der Waals surface area contributed by atoms with Crippen LogP contribution in [0.25, 0.3) is 0 Å². The van der Waals surface area contributed by atoms with E-state index < -0.39 is 0 Å². The molecule has 156 valence electrons. The highest BCUT2D eigenvalue weighted by atomic mass is 32.2. The molecule has 2 heterocycles. The van der Waals surface area contributed by atoms with Crippen LogP contribution in [0, 0.1) is 5.82 Å². The van der Waals surface area contributed by atoms with Gasteiger partial charge in [0.2, 0.25) is 11.1 Å². The zero-order valence-electron chi connectivity index (χ0n) is 16.3. The first kappa shape index (κ1) is 20.7. The minimum atomic E-state index is -0.297. The number of hydrogen-bond donors (Lipinski definition) is 0. The van der Waals surface area contributed by atoms with E-state index in [1.54, 1.807) is 46.7 Å². The smallest absolute Gasteiger partial charge is 0.234 e. The van der Waals surface area contributed by atoms with Crippen LogP contribution < -0.4 is 4.74 Å². The maximum atomic E-state index is 14.2. The SMILES string of the molecule is COc1ccc(Cn2nnnc2SCC(=O)N2CCS[C@@H]2c2ccccc2F)cc1. The minimum absolute atomic E-state index is 0.0581. The Morgan fingerprint density at radius 2 is 2.07 bits per heavy atom. The third-order valence-electron chi connectivity index (χ3n) is 4.70. The van der Waals surface area contributed by atoms with Crippen molar-refractivity contribution >= 4 is 29.4 Å². The number of methoxy groups -OCH3 is 1. The van der Waals surface area contributed by atoms with Gasteiger partial charge >= 0.3 is 0 Å². The second-order valence-electron chi connectivity index (χ2n) is 6.59. The molecule has 0 aliphatic carbocycles. The molecule has 0 radical (unpaired) electrons. The van der Waals surface area contributed by atoms with Gasteiger partial charge in [-0.1, -0.05) is 42.1 Å². The van der Waals surface area contributed by atoms with Crippen LogP contribution in [-0.4, -0.2) is 56.2 Å². The van der Waals surface area contributed by atoms with Gasteiger partial charge in [0, 0.05) is 17.9 Å². The third kappa shape index (κ3) is 4.59. The van der Waals surface area contributed by atoms with E-state index in [1.807, 2.05) is 24.3 Å². The second-order valence-corrected chi connectivity index (χ2v) is 8.72. The summed E-state index contributed by atoms with van der Waals surface area (Å²) in [7, 11) is 1.62. The molecule has 7 nitrogen and oxygen atoms in total. The number of amides is 1. The van der Waals surface area contributed by atoms with Gasteiger partial charge in [-0.2, -0.15) is 0 Å². The summed E-state index contributed by atoms with van der Waals surface area (Å²) < 4.78 is 21.0. The van der Waals surface area contributed by atoms with Crippen molar-refractivity contribution in [2.75, 3.05) is 25.2 Å². The monoisotopic (exact) mass is 445 g/mol. The Kier molecular flexibility index (Phi) is 6.53. The summed E-state index contributed by atoms with van der Waals surface area (Å²) in [6.07, 6.45) is 0. The van der Waals surface area contributed by atoms with Gasteiger partial charge in [0.25, 0.3) is 0 Å². The molecule has 0 bridgehead atoms. The molecule has 1 aromatic heterocycles. The zero-order valence-corrected chi connectivity index (χ0v) is 17.9. The number of rotatable bonds is 7. The number of nitrogens with zero attached hydrogens (tertiary/aromatic N) is 5. The summed E-state index contributed by atoms with van der Waals surface area (Å²) in [6.45, 7) is 1.09. The van der Waals surface area contributed by atoms with Crippen LogP contribution in [0.5, 0.6) is 5.75 Å². The van der Waals surface area contributed by atoms with Crippen molar-refractivity contribution in [1.82, 2.24) is 25.1 Å². The quantitative estimate of drug-likeness (QED) is 0.517. The molecule has 1 fully saturated rings. The highest BCUT2D eigenvalue weighted by molar-refractivity contribution is 8.00. The van der Waals surface area contributed by atoms with Gasteiger partial charge in [0.1, 0.15) is 16.9 Å². The van der Waals surface area contributed by atoms with Crippen LogP contribution in [0.1, 0.15) is 16.5 Å². The number of ether oxygens (including phenoxy) is 1. The van der Waals surface area contributed by atoms with Gasteiger partial charge in [0.05, 0.1) is 19.4 Å². The Hall–Kier alpha value is -2.59. The topological polar surface area (TPSA) is 73.1 Å². The molecule has 4 rings (SSSR count). The number of aromatic nitrogens is 4. The molecule has 1 amide bonds. The number of halogens is 1. The maximum absolute atomic E-state index is 14.2. The number of carbonyl (C=O) groups excluding carboxylic acids is 1. The maximum Gasteiger partial charge on any atom is 0.234 e. The Bertz CT molecular complexity index is 1010. The van der Waals surface area contributed by atoms with Crippen LogP contribution >= 0.6 is 23.5 Å². The summed E-state index contributed by atoms with van der Waals surface area (Å²) >= 11 is 2.86. The average Bonchev–Trinajstić information content (AvgIpc) is 3.42. The van der Waals surface area contributed by atoms with Crippen molar-refractivity contribution in [1.29, 1.82) is 0 Å². The number of hydrogen-bond acceptors (Lipinski definition) is 7. The zero-order chi connectivity index (χ0) is 20.9. The lowest BCUT2D eigenvalue weighted by atomic mass is 10.2. The van der Waals surface area contributed by atoms with Gasteiger partial charge in [-0.05, 0) is 34.2 Å². The largest absolute Gasteiger partial charge is 0.497 e. The van der Waals surface area contributed by atoms with Gasteiger partial charge in [-0.3, -0.25) is 4.79 Å². The lowest BCUT2D eigenvalue weighted by molar-refractivity contribution is -0.128. The highest BCUT2D eigenvalue weighted by Gasteiger charge is 2.32. The first-order valence-corrected chi connectivity index (χ1v) is 11.4. The summed E-state index contributed by atoms with van der Waals surface area (Å²) in [5, 5.41) is 12.1. The normalized spacial score (nSPS) is 16.1. The van der Waals surface area contributed by atoms with E-state index in [-0.39, 0.29) is 22.9 Å². The third-order valence-corrected chi connectivity index (χ3v) is 6.88. The molecule has 2 aromatic carbocycles. The standard InChI is InChI=1S/C20H20FN5O2S2/c1-28-15-8-6-14(7-9-15)12-26-20(22-23-24-26)30-13-18(27)25-10-11-29-19(25)16-4-2-3-5-17(16)21/h2-9,19H,10-13H2,1H3/t19-/m1/s1. The molecule has 1 aliphatic heterocycles. The Morgan fingerprint density at radius 1 is 1.27 bits per heavy atom.